The van der Waals surface area contributed by atoms with Crippen molar-refractivity contribution < 1.29 is 13.5 Å². The van der Waals surface area contributed by atoms with Crippen LogP contribution >= 0.6 is 0 Å². The average molecular weight is 247 g/mol. The summed E-state index contributed by atoms with van der Waals surface area (Å²) in [6.07, 6.45) is 6.38. The Hall–Kier alpha value is -1.08. The van der Waals surface area contributed by atoms with Gasteiger partial charge in [-0.3, -0.25) is 0 Å². The second-order valence-corrected chi connectivity index (χ2v) is 3.04. The van der Waals surface area contributed by atoms with Gasteiger partial charge in [-0.05, 0) is 13.0 Å². The van der Waals surface area contributed by atoms with Gasteiger partial charge in [-0.2, -0.15) is 0 Å². The fraction of sp³-hybridized carbons (Fsp3) is 0.692. The van der Waals surface area contributed by atoms with Crippen molar-refractivity contribution in [2.45, 2.75) is 52.5 Å². The average Bonchev–Trinajstić information content (AvgIpc) is 2.36. The molecule has 0 amide bonds. The highest BCUT2D eigenvalue weighted by atomic mass is 19.3. The minimum Gasteiger partial charge on any atom is -0.497 e. The molecule has 4 heteroatoms. The molecular weight excluding hydrogens is 224 g/mol. The first kappa shape index (κ1) is 18.3. The number of rotatable bonds is 6. The zero-order valence-electron chi connectivity index (χ0n) is 11.1. The van der Waals surface area contributed by atoms with Crippen LogP contribution in [0.1, 0.15) is 40.5 Å². The monoisotopic (exact) mass is 247 g/mol. The van der Waals surface area contributed by atoms with Crippen LogP contribution < -0.4 is 5.73 Å². The highest BCUT2D eigenvalue weighted by Gasteiger charge is 2.38. The summed E-state index contributed by atoms with van der Waals surface area (Å²) in [5, 5.41) is 0. The Balaban J connectivity index is 0. The molecular formula is C13H23F2NO. The molecule has 0 aliphatic rings. The van der Waals surface area contributed by atoms with Crippen LogP contribution in [0.5, 0.6) is 0 Å². The van der Waals surface area contributed by atoms with Gasteiger partial charge in [0.2, 0.25) is 0 Å². The molecule has 0 aromatic rings. The first-order valence-electron chi connectivity index (χ1n) is 5.89. The van der Waals surface area contributed by atoms with Gasteiger partial charge in [0.15, 0.2) is 0 Å². The van der Waals surface area contributed by atoms with E-state index in [9.17, 15) is 8.78 Å². The van der Waals surface area contributed by atoms with E-state index in [0.717, 1.165) is 0 Å². The number of terminal acetylenes is 1. The van der Waals surface area contributed by atoms with Gasteiger partial charge in [0.1, 0.15) is 11.8 Å². The summed E-state index contributed by atoms with van der Waals surface area (Å²) in [6, 6.07) is -1.42. The van der Waals surface area contributed by atoms with Crippen molar-refractivity contribution in [3.8, 4) is 12.3 Å². The molecule has 0 fully saturated rings. The molecule has 17 heavy (non-hydrogen) atoms. The third-order valence-corrected chi connectivity index (χ3v) is 1.97. The second kappa shape index (κ2) is 10.1. The molecule has 0 aromatic carbocycles. The Morgan fingerprint density at radius 3 is 2.35 bits per heavy atom. The number of halogens is 2. The third-order valence-electron chi connectivity index (χ3n) is 1.97. The van der Waals surface area contributed by atoms with E-state index in [1.807, 2.05) is 13.8 Å². The molecule has 0 saturated carbocycles. The number of hydrogen-bond acceptors (Lipinski definition) is 2. The fourth-order valence-corrected chi connectivity index (χ4v) is 1.03. The second-order valence-electron chi connectivity index (χ2n) is 3.04. The maximum atomic E-state index is 13.2. The van der Waals surface area contributed by atoms with E-state index >= 15 is 0 Å². The molecule has 0 saturated heterocycles. The van der Waals surface area contributed by atoms with Gasteiger partial charge in [0.05, 0.1) is 6.61 Å². The van der Waals surface area contributed by atoms with Crippen LogP contribution in [0, 0.1) is 12.3 Å². The third kappa shape index (κ3) is 6.96. The van der Waals surface area contributed by atoms with Gasteiger partial charge in [-0.1, -0.05) is 20.8 Å². The van der Waals surface area contributed by atoms with Crippen molar-refractivity contribution in [3.63, 3.8) is 0 Å². The standard InChI is InChI=1S/C11H17F2NO.C2H6/c1-4-7-8-9(15-6-3)10(14)11(12,13)5-2;1-2/h1,8,10H,5-7,14H2,2-3H3;1-2H3/b9-8-;. The van der Waals surface area contributed by atoms with E-state index in [1.165, 1.54) is 13.0 Å². The van der Waals surface area contributed by atoms with Crippen LogP contribution in [0.15, 0.2) is 11.8 Å². The van der Waals surface area contributed by atoms with E-state index in [1.54, 1.807) is 6.92 Å². The highest BCUT2D eigenvalue weighted by Crippen LogP contribution is 2.26. The molecule has 2 N–H and O–H groups in total. The quantitative estimate of drug-likeness (QED) is 0.577. The molecule has 2 nitrogen and oxygen atoms in total. The first-order valence-corrected chi connectivity index (χ1v) is 5.89. The predicted octanol–water partition coefficient (Wildman–Crippen LogP) is 3.33. The van der Waals surface area contributed by atoms with Crippen molar-refractivity contribution >= 4 is 0 Å². The van der Waals surface area contributed by atoms with E-state index in [-0.39, 0.29) is 18.6 Å². The highest BCUT2D eigenvalue weighted by molar-refractivity contribution is 5.11. The Kier molecular flexibility index (Phi) is 10.9. The van der Waals surface area contributed by atoms with Crippen LogP contribution in [0.4, 0.5) is 8.78 Å². The van der Waals surface area contributed by atoms with Gasteiger partial charge in [0.25, 0.3) is 5.92 Å². The van der Waals surface area contributed by atoms with E-state index in [0.29, 0.717) is 6.61 Å². The molecule has 0 aromatic heterocycles. The number of allylic oxidation sites excluding steroid dienone is 1. The predicted molar refractivity (Wildman–Crippen MR) is 67.7 cm³/mol. The summed E-state index contributed by atoms with van der Waals surface area (Å²) in [4.78, 5) is 0. The van der Waals surface area contributed by atoms with E-state index < -0.39 is 12.0 Å². The topological polar surface area (TPSA) is 35.2 Å². The lowest BCUT2D eigenvalue weighted by atomic mass is 10.1. The van der Waals surface area contributed by atoms with E-state index in [4.69, 9.17) is 16.9 Å². The normalized spacial score (nSPS) is 13.2. The van der Waals surface area contributed by atoms with Gasteiger partial charge < -0.3 is 10.5 Å². The number of ether oxygens (including phenoxy) is 1. The minimum absolute atomic E-state index is 0.0716. The van der Waals surface area contributed by atoms with Crippen molar-refractivity contribution in [2.24, 2.45) is 5.73 Å². The van der Waals surface area contributed by atoms with Crippen molar-refractivity contribution in [2.75, 3.05) is 6.61 Å². The van der Waals surface area contributed by atoms with Crippen molar-refractivity contribution in [3.05, 3.63) is 11.8 Å². The van der Waals surface area contributed by atoms with Crippen molar-refractivity contribution in [1.29, 1.82) is 0 Å². The molecule has 1 unspecified atom stereocenters. The summed E-state index contributed by atoms with van der Waals surface area (Å²) in [7, 11) is 0. The maximum Gasteiger partial charge on any atom is 0.269 e. The van der Waals surface area contributed by atoms with Crippen LogP contribution in [0.25, 0.3) is 0 Å². The molecule has 0 rings (SSSR count). The first-order chi connectivity index (χ1) is 7.99. The molecule has 100 valence electrons. The zero-order chi connectivity index (χ0) is 13.9. The van der Waals surface area contributed by atoms with Crippen molar-refractivity contribution in [1.82, 2.24) is 0 Å². The van der Waals surface area contributed by atoms with Gasteiger partial charge >= 0.3 is 0 Å². The van der Waals surface area contributed by atoms with Gasteiger partial charge in [-0.25, -0.2) is 8.78 Å². The molecule has 0 aliphatic carbocycles. The summed E-state index contributed by atoms with van der Waals surface area (Å²) in [5.41, 5.74) is 5.42. The minimum atomic E-state index is -2.96. The maximum absolute atomic E-state index is 13.2. The SMILES string of the molecule is C#CC/C=C(\OCC)C(N)C(F)(F)CC.CC. The summed E-state index contributed by atoms with van der Waals surface area (Å²) >= 11 is 0. The molecule has 0 spiro atoms. The van der Waals surface area contributed by atoms with Crippen LogP contribution in [0.2, 0.25) is 0 Å². The molecule has 0 bridgehead atoms. The fourth-order valence-electron chi connectivity index (χ4n) is 1.03. The van der Waals surface area contributed by atoms with Crippen LogP contribution in [-0.4, -0.2) is 18.6 Å². The Morgan fingerprint density at radius 1 is 1.47 bits per heavy atom. The lowest BCUT2D eigenvalue weighted by molar-refractivity contribution is -0.0333. The molecule has 0 radical (unpaired) electrons. The molecule has 0 aliphatic heterocycles. The number of nitrogens with two attached hydrogens (primary N) is 1. The molecule has 1 atom stereocenters. The molecule has 0 heterocycles. The Bertz CT molecular complexity index is 257. The smallest absolute Gasteiger partial charge is 0.269 e. The lowest BCUT2D eigenvalue weighted by Crippen LogP contribution is -2.42. The summed E-state index contributed by atoms with van der Waals surface area (Å²) in [6.45, 7) is 7.38. The van der Waals surface area contributed by atoms with Gasteiger partial charge in [-0.15, -0.1) is 12.3 Å². The van der Waals surface area contributed by atoms with E-state index in [2.05, 4.69) is 5.92 Å². The van der Waals surface area contributed by atoms with Crippen LogP contribution in [0.3, 0.4) is 0 Å². The Morgan fingerprint density at radius 2 is 2.00 bits per heavy atom. The zero-order valence-corrected chi connectivity index (χ0v) is 11.1. The number of hydrogen-bond donors (Lipinski definition) is 1. The Labute approximate surface area is 103 Å². The summed E-state index contributed by atoms with van der Waals surface area (Å²) in [5.74, 6) is -0.567. The largest absolute Gasteiger partial charge is 0.497 e. The van der Waals surface area contributed by atoms with Gasteiger partial charge in [0, 0.05) is 12.8 Å². The van der Waals surface area contributed by atoms with Crippen LogP contribution in [-0.2, 0) is 4.74 Å². The lowest BCUT2D eigenvalue weighted by Gasteiger charge is -2.24. The summed E-state index contributed by atoms with van der Waals surface area (Å²) < 4.78 is 31.6. The number of alkyl halides is 2.